The van der Waals surface area contributed by atoms with Crippen molar-refractivity contribution in [3.63, 3.8) is 0 Å². The lowest BCUT2D eigenvalue weighted by Gasteiger charge is -2.09. The average molecular weight is 187 g/mol. The van der Waals surface area contributed by atoms with Crippen LogP contribution >= 0.6 is 0 Å². The van der Waals surface area contributed by atoms with E-state index in [-0.39, 0.29) is 5.91 Å². The minimum atomic E-state index is -0.506. The third kappa shape index (κ3) is 7.49. The second kappa shape index (κ2) is 7.76. The maximum atomic E-state index is 10.9. The number of methoxy groups -OCH3 is 1. The van der Waals surface area contributed by atoms with Crippen molar-refractivity contribution in [2.45, 2.75) is 18.9 Å². The molecule has 0 radical (unpaired) electrons. The molecule has 4 heteroatoms. The summed E-state index contributed by atoms with van der Waals surface area (Å²) in [5.41, 5.74) is 0. The third-order valence-electron chi connectivity index (χ3n) is 1.49. The van der Waals surface area contributed by atoms with Crippen molar-refractivity contribution in [2.75, 3.05) is 20.3 Å². The van der Waals surface area contributed by atoms with E-state index in [9.17, 15) is 9.90 Å². The molecule has 0 aliphatic rings. The van der Waals surface area contributed by atoms with Crippen LogP contribution < -0.4 is 5.32 Å². The van der Waals surface area contributed by atoms with Gasteiger partial charge in [0.05, 0.1) is 12.7 Å². The van der Waals surface area contributed by atoms with Gasteiger partial charge in [0.1, 0.15) is 0 Å². The highest BCUT2D eigenvalue weighted by Crippen LogP contribution is 1.90. The van der Waals surface area contributed by atoms with E-state index < -0.39 is 6.10 Å². The summed E-state index contributed by atoms with van der Waals surface area (Å²) in [6.45, 7) is 4.22. The van der Waals surface area contributed by atoms with Crippen LogP contribution in [0, 0.1) is 0 Å². The van der Waals surface area contributed by atoms with Crippen LogP contribution in [0.3, 0.4) is 0 Å². The summed E-state index contributed by atoms with van der Waals surface area (Å²) >= 11 is 0. The number of nitrogens with one attached hydrogen (secondary N) is 1. The zero-order chi connectivity index (χ0) is 10.1. The molecule has 1 unspecified atom stereocenters. The van der Waals surface area contributed by atoms with Gasteiger partial charge in [0.15, 0.2) is 0 Å². The van der Waals surface area contributed by atoms with Crippen molar-refractivity contribution in [1.82, 2.24) is 5.32 Å². The summed E-state index contributed by atoms with van der Waals surface area (Å²) < 4.78 is 4.73. The largest absolute Gasteiger partial charge is 0.391 e. The van der Waals surface area contributed by atoms with Gasteiger partial charge in [-0.15, -0.1) is 6.58 Å². The van der Waals surface area contributed by atoms with Crippen LogP contribution in [0.5, 0.6) is 0 Å². The molecule has 1 amide bonds. The molecule has 0 aromatic rings. The summed E-state index contributed by atoms with van der Waals surface area (Å²) in [5, 5.41) is 11.8. The molecule has 0 spiro atoms. The number of hydrogen-bond acceptors (Lipinski definition) is 3. The van der Waals surface area contributed by atoms with Crippen LogP contribution in [0.2, 0.25) is 0 Å². The van der Waals surface area contributed by atoms with Gasteiger partial charge >= 0.3 is 0 Å². The molecule has 0 aliphatic carbocycles. The molecule has 0 heterocycles. The molecule has 0 fully saturated rings. The molecular formula is C9H17NO3. The van der Waals surface area contributed by atoms with Gasteiger partial charge in [-0.2, -0.15) is 0 Å². The second-order valence-corrected chi connectivity index (χ2v) is 2.74. The van der Waals surface area contributed by atoms with E-state index in [0.717, 1.165) is 0 Å². The zero-order valence-corrected chi connectivity index (χ0v) is 7.95. The van der Waals surface area contributed by atoms with Gasteiger partial charge in [-0.05, 0) is 6.42 Å². The Balaban J connectivity index is 3.33. The lowest BCUT2D eigenvalue weighted by atomic mass is 10.2. The van der Waals surface area contributed by atoms with E-state index >= 15 is 0 Å². The minimum absolute atomic E-state index is 0.0698. The van der Waals surface area contributed by atoms with E-state index in [1.54, 1.807) is 6.08 Å². The van der Waals surface area contributed by atoms with Crippen LogP contribution in [0.25, 0.3) is 0 Å². The van der Waals surface area contributed by atoms with Crippen molar-refractivity contribution in [2.24, 2.45) is 0 Å². The highest BCUT2D eigenvalue weighted by atomic mass is 16.5. The molecule has 0 rings (SSSR count). The van der Waals surface area contributed by atoms with E-state index in [1.165, 1.54) is 7.11 Å². The van der Waals surface area contributed by atoms with E-state index in [0.29, 0.717) is 26.0 Å². The van der Waals surface area contributed by atoms with Gasteiger partial charge in [-0.1, -0.05) is 6.08 Å². The van der Waals surface area contributed by atoms with Crippen molar-refractivity contribution in [3.8, 4) is 0 Å². The number of carbonyl (C=O) groups is 1. The fraction of sp³-hybridized carbons (Fsp3) is 0.667. The molecule has 0 aromatic heterocycles. The summed E-state index contributed by atoms with van der Waals surface area (Å²) in [4.78, 5) is 10.9. The van der Waals surface area contributed by atoms with Crippen molar-refractivity contribution >= 4 is 5.91 Å². The Bertz CT molecular complexity index is 159. The van der Waals surface area contributed by atoms with Crippen LogP contribution in [0.4, 0.5) is 0 Å². The standard InChI is InChI=1S/C9H17NO3/c1-3-4-9(12)10-6-5-8(11)7-13-2/h3,8,11H,1,4-7H2,2H3,(H,10,12). The molecule has 13 heavy (non-hydrogen) atoms. The minimum Gasteiger partial charge on any atom is -0.391 e. The molecule has 0 aromatic carbocycles. The Morgan fingerprint density at radius 3 is 3.00 bits per heavy atom. The summed E-state index contributed by atoms with van der Waals surface area (Å²) in [7, 11) is 1.53. The number of aliphatic hydroxyl groups is 1. The highest BCUT2D eigenvalue weighted by Gasteiger charge is 2.03. The Hall–Kier alpha value is -0.870. The third-order valence-corrected chi connectivity index (χ3v) is 1.49. The second-order valence-electron chi connectivity index (χ2n) is 2.74. The van der Waals surface area contributed by atoms with Gasteiger partial charge in [0.25, 0.3) is 0 Å². The predicted molar refractivity (Wildman–Crippen MR) is 50.3 cm³/mol. The normalized spacial score (nSPS) is 12.2. The molecule has 0 saturated carbocycles. The van der Waals surface area contributed by atoms with Gasteiger partial charge in [-0.25, -0.2) is 0 Å². The van der Waals surface area contributed by atoms with Crippen LogP contribution in [-0.4, -0.2) is 37.4 Å². The fourth-order valence-corrected chi connectivity index (χ4v) is 0.857. The van der Waals surface area contributed by atoms with Crippen molar-refractivity contribution in [1.29, 1.82) is 0 Å². The van der Waals surface area contributed by atoms with Crippen LogP contribution in [0.1, 0.15) is 12.8 Å². The molecule has 0 saturated heterocycles. The number of aliphatic hydroxyl groups excluding tert-OH is 1. The maximum absolute atomic E-state index is 10.9. The number of carbonyl (C=O) groups excluding carboxylic acids is 1. The van der Waals surface area contributed by atoms with E-state index in [1.807, 2.05) is 0 Å². The number of amides is 1. The molecule has 1 atom stereocenters. The number of hydrogen-bond donors (Lipinski definition) is 2. The van der Waals surface area contributed by atoms with Gasteiger partial charge < -0.3 is 15.2 Å². The van der Waals surface area contributed by atoms with Gasteiger partial charge in [-0.3, -0.25) is 4.79 Å². The molecular weight excluding hydrogens is 170 g/mol. The maximum Gasteiger partial charge on any atom is 0.223 e. The number of ether oxygens (including phenoxy) is 1. The summed E-state index contributed by atoms with van der Waals surface area (Å²) in [6.07, 6.45) is 1.87. The Morgan fingerprint density at radius 1 is 1.77 bits per heavy atom. The summed E-state index contributed by atoms with van der Waals surface area (Å²) in [6, 6.07) is 0. The zero-order valence-electron chi connectivity index (χ0n) is 7.95. The first kappa shape index (κ1) is 12.1. The first-order valence-corrected chi connectivity index (χ1v) is 4.25. The smallest absolute Gasteiger partial charge is 0.223 e. The quantitative estimate of drug-likeness (QED) is 0.555. The Kier molecular flexibility index (Phi) is 7.24. The van der Waals surface area contributed by atoms with Gasteiger partial charge in [0.2, 0.25) is 5.91 Å². The summed E-state index contributed by atoms with van der Waals surface area (Å²) in [5.74, 6) is -0.0698. The Labute approximate surface area is 78.6 Å². The monoisotopic (exact) mass is 187 g/mol. The lowest BCUT2D eigenvalue weighted by Crippen LogP contribution is -2.27. The van der Waals surface area contributed by atoms with Crippen LogP contribution in [-0.2, 0) is 9.53 Å². The van der Waals surface area contributed by atoms with Crippen molar-refractivity contribution < 1.29 is 14.6 Å². The SMILES string of the molecule is C=CCC(=O)NCCC(O)COC. The van der Waals surface area contributed by atoms with Crippen LogP contribution in [0.15, 0.2) is 12.7 Å². The molecule has 0 aliphatic heterocycles. The molecule has 4 nitrogen and oxygen atoms in total. The topological polar surface area (TPSA) is 58.6 Å². The molecule has 2 N–H and O–H groups in total. The first-order valence-electron chi connectivity index (χ1n) is 4.25. The Morgan fingerprint density at radius 2 is 2.46 bits per heavy atom. The van der Waals surface area contributed by atoms with Gasteiger partial charge in [0, 0.05) is 20.1 Å². The molecule has 0 bridgehead atoms. The van der Waals surface area contributed by atoms with Crippen molar-refractivity contribution in [3.05, 3.63) is 12.7 Å². The fourth-order valence-electron chi connectivity index (χ4n) is 0.857. The highest BCUT2D eigenvalue weighted by molar-refractivity contribution is 5.77. The average Bonchev–Trinajstić information content (AvgIpc) is 2.05. The first-order chi connectivity index (χ1) is 6.20. The van der Waals surface area contributed by atoms with E-state index in [4.69, 9.17) is 4.74 Å². The molecule has 76 valence electrons. The lowest BCUT2D eigenvalue weighted by molar-refractivity contribution is -0.120. The predicted octanol–water partition coefficient (Wildman–Crippen LogP) is 0.0761. The number of rotatable bonds is 7. The van der Waals surface area contributed by atoms with E-state index in [2.05, 4.69) is 11.9 Å².